The first-order valence-electron chi connectivity index (χ1n) is 13.8. The summed E-state index contributed by atoms with van der Waals surface area (Å²) in [6.45, 7) is 16.4. The minimum absolute atomic E-state index is 0.00462. The number of piperidine rings is 1. The highest BCUT2D eigenvalue weighted by molar-refractivity contribution is 5.95. The number of nitrogens with one attached hydrogen (secondary N) is 2. The summed E-state index contributed by atoms with van der Waals surface area (Å²) in [5, 5.41) is 6.11. The van der Waals surface area contributed by atoms with Crippen LogP contribution in [-0.2, 0) is 9.59 Å². The van der Waals surface area contributed by atoms with E-state index in [1.807, 2.05) is 83.2 Å². The van der Waals surface area contributed by atoms with Crippen molar-refractivity contribution < 1.29 is 9.59 Å². The van der Waals surface area contributed by atoms with Crippen molar-refractivity contribution >= 4 is 17.5 Å². The van der Waals surface area contributed by atoms with Gasteiger partial charge in [-0.3, -0.25) is 9.59 Å². The molecule has 0 spiro atoms. The summed E-state index contributed by atoms with van der Waals surface area (Å²) >= 11 is 0. The number of amides is 2. The fraction of sp³-hybridized carbons (Fsp3) is 0.394. The van der Waals surface area contributed by atoms with Crippen molar-refractivity contribution in [2.24, 2.45) is 5.92 Å². The number of allylic oxidation sites excluding steroid dienone is 4. The molecule has 0 saturated carbocycles. The van der Waals surface area contributed by atoms with E-state index < -0.39 is 0 Å². The second kappa shape index (κ2) is 16.4. The van der Waals surface area contributed by atoms with Gasteiger partial charge < -0.3 is 15.5 Å². The van der Waals surface area contributed by atoms with Gasteiger partial charge in [0.2, 0.25) is 11.8 Å². The van der Waals surface area contributed by atoms with Gasteiger partial charge in [0.15, 0.2) is 0 Å². The molecule has 0 atom stereocenters. The first-order chi connectivity index (χ1) is 18.4. The number of carbonyl (C=O) groups is 2. The summed E-state index contributed by atoms with van der Waals surface area (Å²) < 4.78 is 0. The second-order valence-electron chi connectivity index (χ2n) is 9.77. The zero-order valence-electron chi connectivity index (χ0n) is 23.8. The highest BCUT2D eigenvalue weighted by Crippen LogP contribution is 2.28. The zero-order valence-corrected chi connectivity index (χ0v) is 23.8. The third-order valence-electron chi connectivity index (χ3n) is 6.53. The van der Waals surface area contributed by atoms with Crippen molar-refractivity contribution in [1.82, 2.24) is 10.2 Å². The van der Waals surface area contributed by atoms with Crippen LogP contribution < -0.4 is 10.6 Å². The first kappa shape index (κ1) is 30.8. The number of anilines is 1. The van der Waals surface area contributed by atoms with Gasteiger partial charge in [-0.15, -0.1) is 0 Å². The minimum atomic E-state index is 0.00462. The molecule has 2 N–H and O–H groups in total. The smallest absolute Gasteiger partial charge is 0.225 e. The number of nitrogens with zero attached hydrogens (tertiary/aromatic N) is 1. The van der Waals surface area contributed by atoms with E-state index in [9.17, 15) is 9.59 Å². The summed E-state index contributed by atoms with van der Waals surface area (Å²) in [7, 11) is 0. The van der Waals surface area contributed by atoms with Gasteiger partial charge in [-0.1, -0.05) is 80.6 Å². The molecule has 1 fully saturated rings. The molecular weight excluding hydrogens is 470 g/mol. The zero-order chi connectivity index (χ0) is 27.9. The molecule has 38 heavy (non-hydrogen) atoms. The maximum atomic E-state index is 12.8. The first-order valence-corrected chi connectivity index (χ1v) is 13.8. The monoisotopic (exact) mass is 515 g/mol. The fourth-order valence-corrected chi connectivity index (χ4v) is 4.63. The average molecular weight is 516 g/mol. The summed E-state index contributed by atoms with van der Waals surface area (Å²) in [5.74, 6) is 0.428. The molecule has 1 aliphatic rings. The van der Waals surface area contributed by atoms with Crippen LogP contribution in [0.4, 0.5) is 5.69 Å². The van der Waals surface area contributed by atoms with Gasteiger partial charge in [0.1, 0.15) is 0 Å². The van der Waals surface area contributed by atoms with Gasteiger partial charge in [-0.05, 0) is 75.9 Å². The molecule has 5 nitrogen and oxygen atoms in total. The highest BCUT2D eigenvalue weighted by Gasteiger charge is 2.22. The third kappa shape index (κ3) is 10.1. The van der Waals surface area contributed by atoms with Crippen LogP contribution >= 0.6 is 0 Å². The van der Waals surface area contributed by atoms with Crippen molar-refractivity contribution in [3.05, 3.63) is 90.2 Å². The Morgan fingerprint density at radius 2 is 1.58 bits per heavy atom. The van der Waals surface area contributed by atoms with Crippen LogP contribution in [0.15, 0.2) is 90.2 Å². The molecule has 3 rings (SSSR count). The van der Waals surface area contributed by atoms with Crippen LogP contribution in [0.3, 0.4) is 0 Å². The number of benzene rings is 2. The van der Waals surface area contributed by atoms with Crippen LogP contribution in [0, 0.1) is 5.92 Å². The molecule has 2 aromatic rings. The number of rotatable bonds is 10. The standard InChI is InChI=1S/C31H39N3O2.C2H6/c1-5-28(24(4)21-23(2)3)32-30(35)17-20-34-18-15-25(16-19-34)22-31(36)33-29-14-10-9-13-27(29)26-11-7-6-8-12-26;1-2/h5-14,21,25H,1,15-20,22H2,2-4H3,(H,32,35)(H,33,36);1-2H3/b28-24+;. The Hall–Kier alpha value is -3.44. The number of para-hydroxylation sites is 1. The normalized spacial score (nSPS) is 14.3. The molecule has 1 aliphatic heterocycles. The van der Waals surface area contributed by atoms with E-state index in [2.05, 4.69) is 34.2 Å². The predicted octanol–water partition coefficient (Wildman–Crippen LogP) is 7.35. The fourth-order valence-electron chi connectivity index (χ4n) is 4.63. The van der Waals surface area contributed by atoms with E-state index in [0.29, 0.717) is 18.8 Å². The SMILES string of the molecule is C=C/C(NC(=O)CCN1CCC(CC(=O)Nc2ccccc2-c2ccccc2)CC1)=C(/C)C=C(C)C.CC. The molecular formula is C33H45N3O2. The Labute approximate surface area is 229 Å². The van der Waals surface area contributed by atoms with E-state index in [1.54, 1.807) is 6.08 Å². The maximum Gasteiger partial charge on any atom is 0.225 e. The Balaban J connectivity index is 0.00000247. The van der Waals surface area contributed by atoms with Gasteiger partial charge in [-0.2, -0.15) is 0 Å². The number of likely N-dealkylation sites (tertiary alicyclic amines) is 1. The molecule has 0 unspecified atom stereocenters. The molecule has 0 radical (unpaired) electrons. The van der Waals surface area contributed by atoms with Crippen molar-refractivity contribution in [2.75, 3.05) is 25.0 Å². The largest absolute Gasteiger partial charge is 0.326 e. The number of carbonyl (C=O) groups excluding carboxylic acids is 2. The van der Waals surface area contributed by atoms with Crippen molar-refractivity contribution in [1.29, 1.82) is 0 Å². The van der Waals surface area contributed by atoms with E-state index >= 15 is 0 Å². The molecule has 2 aromatic carbocycles. The Morgan fingerprint density at radius 1 is 0.947 bits per heavy atom. The summed E-state index contributed by atoms with van der Waals surface area (Å²) in [6, 6.07) is 18.1. The Morgan fingerprint density at radius 3 is 2.21 bits per heavy atom. The van der Waals surface area contributed by atoms with Crippen LogP contribution in [0.5, 0.6) is 0 Å². The molecule has 0 bridgehead atoms. The summed E-state index contributed by atoms with van der Waals surface area (Å²) in [5.41, 5.74) is 5.92. The van der Waals surface area contributed by atoms with E-state index in [1.165, 1.54) is 5.57 Å². The van der Waals surface area contributed by atoms with Crippen LogP contribution in [0.2, 0.25) is 0 Å². The third-order valence-corrected chi connectivity index (χ3v) is 6.53. The Bertz CT molecular complexity index is 1110. The van der Waals surface area contributed by atoms with Gasteiger partial charge in [0.05, 0.1) is 0 Å². The topological polar surface area (TPSA) is 61.4 Å². The second-order valence-corrected chi connectivity index (χ2v) is 9.77. The van der Waals surface area contributed by atoms with Gasteiger partial charge in [0.25, 0.3) is 0 Å². The minimum Gasteiger partial charge on any atom is -0.326 e. The van der Waals surface area contributed by atoms with Gasteiger partial charge in [0, 0.05) is 36.3 Å². The van der Waals surface area contributed by atoms with E-state index in [-0.39, 0.29) is 11.8 Å². The van der Waals surface area contributed by atoms with Gasteiger partial charge in [-0.25, -0.2) is 0 Å². The maximum absolute atomic E-state index is 12.8. The molecule has 0 aliphatic carbocycles. The highest BCUT2D eigenvalue weighted by atomic mass is 16.2. The average Bonchev–Trinajstić information content (AvgIpc) is 2.92. The van der Waals surface area contributed by atoms with Crippen LogP contribution in [0.25, 0.3) is 11.1 Å². The van der Waals surface area contributed by atoms with Crippen LogP contribution in [0.1, 0.15) is 60.3 Å². The van der Waals surface area contributed by atoms with E-state index in [4.69, 9.17) is 0 Å². The van der Waals surface area contributed by atoms with Crippen molar-refractivity contribution in [3.63, 3.8) is 0 Å². The lowest BCUT2D eigenvalue weighted by Gasteiger charge is -2.31. The lowest BCUT2D eigenvalue weighted by Crippen LogP contribution is -2.37. The quantitative estimate of drug-likeness (QED) is 0.325. The lowest BCUT2D eigenvalue weighted by atomic mass is 9.93. The van der Waals surface area contributed by atoms with Crippen LogP contribution in [-0.4, -0.2) is 36.3 Å². The Kier molecular flexibility index (Phi) is 13.3. The van der Waals surface area contributed by atoms with E-state index in [0.717, 1.165) is 60.6 Å². The molecule has 0 aromatic heterocycles. The number of hydrogen-bond donors (Lipinski definition) is 2. The molecule has 5 heteroatoms. The lowest BCUT2D eigenvalue weighted by molar-refractivity contribution is -0.120. The number of hydrogen-bond acceptors (Lipinski definition) is 3. The summed E-state index contributed by atoms with van der Waals surface area (Å²) in [4.78, 5) is 27.6. The predicted molar refractivity (Wildman–Crippen MR) is 161 cm³/mol. The van der Waals surface area contributed by atoms with Crippen molar-refractivity contribution in [3.8, 4) is 11.1 Å². The molecule has 1 heterocycles. The molecule has 204 valence electrons. The van der Waals surface area contributed by atoms with Gasteiger partial charge >= 0.3 is 0 Å². The molecule has 1 saturated heterocycles. The summed E-state index contributed by atoms with van der Waals surface area (Å²) in [6.07, 6.45) is 6.63. The molecule has 2 amide bonds. The van der Waals surface area contributed by atoms with Crippen molar-refractivity contribution in [2.45, 2.75) is 60.3 Å².